The maximum Gasteiger partial charge on any atom is 0.130 e. The largest absolute Gasteiger partial charge is 0.508 e. The van der Waals surface area contributed by atoms with Gasteiger partial charge in [0.2, 0.25) is 0 Å². The van der Waals surface area contributed by atoms with Crippen molar-refractivity contribution < 1.29 is 15.3 Å². The molecule has 3 aliphatic carbocycles. The third-order valence-electron chi connectivity index (χ3n) is 7.12. The number of aromatic hydroxyl groups is 1. The molecule has 3 N–H and O–H groups in total. The Morgan fingerprint density at radius 2 is 2.04 bits per heavy atom. The lowest BCUT2D eigenvalue weighted by molar-refractivity contribution is -0.0901. The van der Waals surface area contributed by atoms with Crippen molar-refractivity contribution in [1.29, 1.82) is 0 Å². The molecule has 0 spiro atoms. The van der Waals surface area contributed by atoms with Gasteiger partial charge in [-0.3, -0.25) is 0 Å². The highest BCUT2D eigenvalue weighted by Gasteiger charge is 2.62. The van der Waals surface area contributed by atoms with E-state index < -0.39 is 11.7 Å². The van der Waals surface area contributed by atoms with Crippen LogP contribution in [0.25, 0.3) is 0 Å². The van der Waals surface area contributed by atoms with Gasteiger partial charge in [0.05, 0.1) is 6.10 Å². The zero-order valence-corrected chi connectivity index (χ0v) is 13.5. The number of phenols is 1. The Balaban J connectivity index is 1.77. The number of aliphatic hydroxyl groups is 2. The molecular formula is C20H24O3. The average Bonchev–Trinajstić information content (AvgIpc) is 2.79. The van der Waals surface area contributed by atoms with Gasteiger partial charge in [-0.15, -0.1) is 6.42 Å². The van der Waals surface area contributed by atoms with Crippen molar-refractivity contribution in [1.82, 2.24) is 0 Å². The Morgan fingerprint density at radius 1 is 1.26 bits per heavy atom. The van der Waals surface area contributed by atoms with E-state index in [0.29, 0.717) is 18.8 Å². The van der Waals surface area contributed by atoms with Crippen molar-refractivity contribution in [3.05, 3.63) is 29.3 Å². The number of aliphatic hydroxyl groups excluding tert-OH is 1. The Bertz CT molecular complexity index is 691. The highest BCUT2D eigenvalue weighted by atomic mass is 16.3. The number of terminal acetylenes is 1. The van der Waals surface area contributed by atoms with E-state index in [1.54, 1.807) is 12.1 Å². The molecule has 0 unspecified atom stereocenters. The van der Waals surface area contributed by atoms with Crippen LogP contribution in [0.4, 0.5) is 0 Å². The quantitative estimate of drug-likeness (QED) is 0.645. The van der Waals surface area contributed by atoms with Crippen LogP contribution in [-0.2, 0) is 6.42 Å². The van der Waals surface area contributed by atoms with Crippen molar-refractivity contribution in [2.45, 2.75) is 56.7 Å². The fraction of sp³-hybridized carbons (Fsp3) is 0.600. The predicted octanol–water partition coefficient (Wildman–Crippen LogP) is 2.58. The molecule has 4 rings (SSSR count). The lowest BCUT2D eigenvalue weighted by Gasteiger charge is -2.53. The molecule has 2 saturated carbocycles. The lowest BCUT2D eigenvalue weighted by atomic mass is 9.52. The normalized spacial score (nSPS) is 44.8. The second kappa shape index (κ2) is 4.75. The molecule has 122 valence electrons. The van der Waals surface area contributed by atoms with Crippen LogP contribution in [0.1, 0.15) is 49.7 Å². The summed E-state index contributed by atoms with van der Waals surface area (Å²) in [4.78, 5) is 0. The van der Waals surface area contributed by atoms with E-state index in [9.17, 15) is 15.3 Å². The van der Waals surface area contributed by atoms with Crippen molar-refractivity contribution in [2.75, 3.05) is 0 Å². The summed E-state index contributed by atoms with van der Waals surface area (Å²) in [6.07, 6.45) is 9.12. The molecule has 0 amide bonds. The van der Waals surface area contributed by atoms with Crippen LogP contribution < -0.4 is 0 Å². The minimum atomic E-state index is -1.04. The SMILES string of the molecule is C#C[C@]1(O)CC[C@H]2[C@@H]3[C@H](O)Cc4cc(O)ccc4[C@@H]3CC[C@]21C. The molecule has 0 radical (unpaired) electrons. The third-order valence-corrected chi connectivity index (χ3v) is 7.12. The molecule has 1 aromatic rings. The van der Waals surface area contributed by atoms with E-state index in [2.05, 4.69) is 12.8 Å². The van der Waals surface area contributed by atoms with Crippen LogP contribution in [0.15, 0.2) is 18.2 Å². The molecule has 0 aliphatic heterocycles. The summed E-state index contributed by atoms with van der Waals surface area (Å²) >= 11 is 0. The summed E-state index contributed by atoms with van der Waals surface area (Å²) in [5.74, 6) is 3.61. The third kappa shape index (κ3) is 1.86. The molecular weight excluding hydrogens is 288 g/mol. The van der Waals surface area contributed by atoms with Gasteiger partial charge < -0.3 is 15.3 Å². The number of hydrogen-bond donors (Lipinski definition) is 3. The monoisotopic (exact) mass is 312 g/mol. The van der Waals surface area contributed by atoms with Gasteiger partial charge in [0.15, 0.2) is 0 Å². The Morgan fingerprint density at radius 3 is 2.78 bits per heavy atom. The van der Waals surface area contributed by atoms with Crippen LogP contribution >= 0.6 is 0 Å². The molecule has 1 aromatic carbocycles. The Hall–Kier alpha value is -1.50. The molecule has 3 aliphatic rings. The number of rotatable bonds is 0. The minimum absolute atomic E-state index is 0.146. The molecule has 0 aromatic heterocycles. The predicted molar refractivity (Wildman–Crippen MR) is 87.9 cm³/mol. The van der Waals surface area contributed by atoms with Gasteiger partial charge in [-0.25, -0.2) is 0 Å². The molecule has 23 heavy (non-hydrogen) atoms. The van der Waals surface area contributed by atoms with Crippen LogP contribution in [-0.4, -0.2) is 27.0 Å². The summed E-state index contributed by atoms with van der Waals surface area (Å²) < 4.78 is 0. The summed E-state index contributed by atoms with van der Waals surface area (Å²) in [6, 6.07) is 5.54. The topological polar surface area (TPSA) is 60.7 Å². The molecule has 3 heteroatoms. The second-order valence-corrected chi connectivity index (χ2v) is 7.94. The zero-order chi connectivity index (χ0) is 16.4. The molecule has 6 atom stereocenters. The summed E-state index contributed by atoms with van der Waals surface area (Å²) in [5, 5.41) is 31.5. The number of fused-ring (bicyclic) bond motifs is 5. The minimum Gasteiger partial charge on any atom is -0.508 e. The maximum atomic E-state index is 10.9. The standard InChI is InChI=1S/C20H24O3/c1-3-20(23)9-7-16-18-15(6-8-19(16,20)2)14-5-4-13(21)10-12(14)11-17(18)22/h1,4-5,10,15-18,21-23H,6-9,11H2,2H3/t15-,16-,17+,18+,19+,20-/m0/s1. The van der Waals surface area contributed by atoms with Crippen LogP contribution in [0.5, 0.6) is 5.75 Å². The van der Waals surface area contributed by atoms with E-state index in [1.807, 2.05) is 6.07 Å². The summed E-state index contributed by atoms with van der Waals surface area (Å²) in [7, 11) is 0. The zero-order valence-electron chi connectivity index (χ0n) is 13.5. The first kappa shape index (κ1) is 15.1. The van der Waals surface area contributed by atoms with Gasteiger partial charge in [0.1, 0.15) is 11.4 Å². The Labute approximate surface area is 137 Å². The molecule has 3 nitrogen and oxygen atoms in total. The molecule has 0 saturated heterocycles. The number of hydrogen-bond acceptors (Lipinski definition) is 3. The van der Waals surface area contributed by atoms with Gasteiger partial charge in [-0.05, 0) is 73.1 Å². The highest BCUT2D eigenvalue weighted by Crippen LogP contribution is 2.64. The lowest BCUT2D eigenvalue weighted by Crippen LogP contribution is -2.53. The fourth-order valence-electron chi connectivity index (χ4n) is 5.84. The fourth-order valence-corrected chi connectivity index (χ4v) is 5.84. The Kier molecular flexibility index (Phi) is 3.11. The number of phenolic OH excluding ortho intramolecular Hbond substituents is 1. The van der Waals surface area contributed by atoms with Gasteiger partial charge in [0.25, 0.3) is 0 Å². The van der Waals surface area contributed by atoms with Gasteiger partial charge in [-0.1, -0.05) is 18.9 Å². The second-order valence-electron chi connectivity index (χ2n) is 7.94. The van der Waals surface area contributed by atoms with Gasteiger partial charge in [-0.2, -0.15) is 0 Å². The molecule has 0 heterocycles. The highest BCUT2D eigenvalue weighted by molar-refractivity contribution is 5.41. The number of benzene rings is 1. The summed E-state index contributed by atoms with van der Waals surface area (Å²) in [5.41, 5.74) is 0.972. The van der Waals surface area contributed by atoms with E-state index in [0.717, 1.165) is 24.8 Å². The van der Waals surface area contributed by atoms with E-state index in [1.165, 1.54) is 5.56 Å². The van der Waals surface area contributed by atoms with Crippen LogP contribution in [0.3, 0.4) is 0 Å². The smallest absolute Gasteiger partial charge is 0.130 e. The van der Waals surface area contributed by atoms with Gasteiger partial charge in [0, 0.05) is 5.41 Å². The van der Waals surface area contributed by atoms with Crippen molar-refractivity contribution >= 4 is 0 Å². The van der Waals surface area contributed by atoms with E-state index in [-0.39, 0.29) is 23.0 Å². The van der Waals surface area contributed by atoms with Crippen LogP contribution in [0.2, 0.25) is 0 Å². The first-order valence-electron chi connectivity index (χ1n) is 8.59. The van der Waals surface area contributed by atoms with E-state index in [4.69, 9.17) is 6.42 Å². The molecule has 2 fully saturated rings. The van der Waals surface area contributed by atoms with Crippen LogP contribution in [0, 0.1) is 29.6 Å². The van der Waals surface area contributed by atoms with Crippen molar-refractivity contribution in [3.63, 3.8) is 0 Å². The van der Waals surface area contributed by atoms with Crippen molar-refractivity contribution in [3.8, 4) is 18.1 Å². The molecule has 0 bridgehead atoms. The van der Waals surface area contributed by atoms with Crippen molar-refractivity contribution in [2.24, 2.45) is 17.3 Å². The average molecular weight is 312 g/mol. The van der Waals surface area contributed by atoms with E-state index >= 15 is 0 Å². The first-order valence-corrected chi connectivity index (χ1v) is 8.59. The van der Waals surface area contributed by atoms with Gasteiger partial charge >= 0.3 is 0 Å². The first-order chi connectivity index (χ1) is 10.9. The maximum absolute atomic E-state index is 10.9. The summed E-state index contributed by atoms with van der Waals surface area (Å²) in [6.45, 7) is 2.11.